The molecule has 1 atom stereocenters. The molecule has 0 aliphatic heterocycles. The lowest BCUT2D eigenvalue weighted by Crippen LogP contribution is -2.35. The summed E-state index contributed by atoms with van der Waals surface area (Å²) in [6.45, 7) is 4.28. The second kappa shape index (κ2) is 6.21. The fourth-order valence-corrected chi connectivity index (χ4v) is 1.96. The molecule has 1 fully saturated rings. The molecule has 1 saturated carbocycles. The third-order valence-corrected chi connectivity index (χ3v) is 3.48. The molecule has 1 unspecified atom stereocenters. The number of nitrogens with zero attached hydrogens (tertiary/aromatic N) is 2. The molecule has 0 aromatic carbocycles. The quantitative estimate of drug-likeness (QED) is 0.255. The molecule has 4 N–H and O–H groups in total. The normalized spacial score (nSPS) is 20.6. The van der Waals surface area contributed by atoms with Crippen molar-refractivity contribution in [3.8, 4) is 0 Å². The molecule has 5 heteroatoms. The van der Waals surface area contributed by atoms with E-state index in [1.807, 2.05) is 0 Å². The first-order valence-corrected chi connectivity index (χ1v) is 6.32. The molecule has 0 spiro atoms. The van der Waals surface area contributed by atoms with Crippen molar-refractivity contribution in [2.75, 3.05) is 27.2 Å². The minimum absolute atomic E-state index is 0.253. The van der Waals surface area contributed by atoms with E-state index in [1.54, 1.807) is 0 Å². The molecule has 1 aliphatic rings. The number of oxime groups is 1. The Morgan fingerprint density at radius 1 is 1.53 bits per heavy atom. The maximum Gasteiger partial charge on any atom is 0.139 e. The first kappa shape index (κ1) is 14.3. The highest BCUT2D eigenvalue weighted by Crippen LogP contribution is 2.48. The molecule has 0 aromatic rings. The number of amidine groups is 1. The predicted molar refractivity (Wildman–Crippen MR) is 70.3 cm³/mol. The Morgan fingerprint density at radius 3 is 2.65 bits per heavy atom. The Kier molecular flexibility index (Phi) is 5.21. The van der Waals surface area contributed by atoms with Crippen LogP contribution < -0.4 is 11.1 Å². The third kappa shape index (κ3) is 5.37. The van der Waals surface area contributed by atoms with Gasteiger partial charge in [0.25, 0.3) is 0 Å². The highest BCUT2D eigenvalue weighted by atomic mass is 16.4. The fraction of sp³-hybridized carbons (Fsp3) is 0.917. The summed E-state index contributed by atoms with van der Waals surface area (Å²) < 4.78 is 0. The van der Waals surface area contributed by atoms with E-state index >= 15 is 0 Å². The minimum atomic E-state index is 0.253. The maximum atomic E-state index is 8.59. The van der Waals surface area contributed by atoms with Crippen molar-refractivity contribution in [1.29, 1.82) is 0 Å². The molecular formula is C12H26N4O. The number of hydrogen-bond donors (Lipinski definition) is 3. The summed E-state index contributed by atoms with van der Waals surface area (Å²) in [6.07, 6.45) is 4.21. The predicted octanol–water partition coefficient (Wildman–Crippen LogP) is 0.833. The molecule has 1 rings (SSSR count). The van der Waals surface area contributed by atoms with Crippen LogP contribution in [0.25, 0.3) is 0 Å². The van der Waals surface area contributed by atoms with Gasteiger partial charge in [-0.15, -0.1) is 0 Å². The van der Waals surface area contributed by atoms with Gasteiger partial charge in [-0.3, -0.25) is 0 Å². The van der Waals surface area contributed by atoms with E-state index in [0.717, 1.165) is 19.5 Å². The lowest BCUT2D eigenvalue weighted by molar-refractivity contribution is 0.312. The second-order valence-corrected chi connectivity index (χ2v) is 5.64. The zero-order valence-corrected chi connectivity index (χ0v) is 11.2. The number of rotatable bonds is 8. The van der Waals surface area contributed by atoms with Crippen LogP contribution in [0.1, 0.15) is 32.6 Å². The topological polar surface area (TPSA) is 73.9 Å². The van der Waals surface area contributed by atoms with Gasteiger partial charge < -0.3 is 21.2 Å². The molecule has 17 heavy (non-hydrogen) atoms. The van der Waals surface area contributed by atoms with Gasteiger partial charge in [0.2, 0.25) is 0 Å². The lowest BCUT2D eigenvalue weighted by atomic mass is 10.0. The standard InChI is InChI=1S/C12H26N4O/c1-10(4-7-16(2)3)14-9-12(5-6-12)8-11(13)15-17/h10,14,17H,4-9H2,1-3H3,(H2,13,15). The van der Waals surface area contributed by atoms with E-state index in [-0.39, 0.29) is 5.41 Å². The Labute approximate surface area is 104 Å². The van der Waals surface area contributed by atoms with Gasteiger partial charge in [-0.2, -0.15) is 0 Å². The summed E-state index contributed by atoms with van der Waals surface area (Å²) in [7, 11) is 4.18. The Bertz CT molecular complexity index is 261. The van der Waals surface area contributed by atoms with E-state index in [1.165, 1.54) is 12.8 Å². The van der Waals surface area contributed by atoms with Gasteiger partial charge in [0.1, 0.15) is 5.84 Å². The fourth-order valence-electron chi connectivity index (χ4n) is 1.96. The van der Waals surface area contributed by atoms with Crippen molar-refractivity contribution in [3.05, 3.63) is 0 Å². The Hall–Kier alpha value is -0.810. The van der Waals surface area contributed by atoms with E-state index < -0.39 is 0 Å². The zero-order chi connectivity index (χ0) is 12.9. The van der Waals surface area contributed by atoms with Gasteiger partial charge in [0.05, 0.1) is 0 Å². The van der Waals surface area contributed by atoms with Crippen molar-refractivity contribution >= 4 is 5.84 Å². The van der Waals surface area contributed by atoms with Gasteiger partial charge in [-0.1, -0.05) is 5.16 Å². The van der Waals surface area contributed by atoms with Crippen molar-refractivity contribution in [2.45, 2.75) is 38.6 Å². The first-order valence-electron chi connectivity index (χ1n) is 6.32. The largest absolute Gasteiger partial charge is 0.409 e. The van der Waals surface area contributed by atoms with Crippen LogP contribution in [0.3, 0.4) is 0 Å². The summed E-state index contributed by atoms with van der Waals surface area (Å²) >= 11 is 0. The van der Waals surface area contributed by atoms with E-state index in [4.69, 9.17) is 10.9 Å². The van der Waals surface area contributed by atoms with Crippen LogP contribution in [0, 0.1) is 5.41 Å². The van der Waals surface area contributed by atoms with Gasteiger partial charge in [-0.05, 0) is 52.2 Å². The summed E-state index contributed by atoms with van der Waals surface area (Å²) in [4.78, 5) is 2.20. The Balaban J connectivity index is 2.21. The summed E-state index contributed by atoms with van der Waals surface area (Å²) in [5.41, 5.74) is 5.82. The second-order valence-electron chi connectivity index (χ2n) is 5.64. The SMILES string of the molecule is CC(CCN(C)C)NCC1(CC(N)=NO)CC1. The highest BCUT2D eigenvalue weighted by Gasteiger charge is 2.43. The molecule has 0 heterocycles. The van der Waals surface area contributed by atoms with E-state index in [9.17, 15) is 0 Å². The first-order chi connectivity index (χ1) is 7.97. The molecule has 0 amide bonds. The van der Waals surface area contributed by atoms with E-state index in [2.05, 4.69) is 36.4 Å². The molecule has 0 aromatic heterocycles. The van der Waals surface area contributed by atoms with Gasteiger partial charge in [-0.25, -0.2) is 0 Å². The maximum absolute atomic E-state index is 8.59. The monoisotopic (exact) mass is 242 g/mol. The van der Waals surface area contributed by atoms with Crippen LogP contribution in [0.2, 0.25) is 0 Å². The van der Waals surface area contributed by atoms with Crippen molar-refractivity contribution in [1.82, 2.24) is 10.2 Å². The third-order valence-electron chi connectivity index (χ3n) is 3.48. The Morgan fingerprint density at radius 2 is 2.18 bits per heavy atom. The summed E-state index contributed by atoms with van der Waals surface area (Å²) in [5, 5.41) is 15.2. The number of hydrogen-bond acceptors (Lipinski definition) is 4. The number of nitrogens with two attached hydrogens (primary N) is 1. The van der Waals surface area contributed by atoms with Gasteiger partial charge in [0, 0.05) is 19.0 Å². The van der Waals surface area contributed by atoms with Crippen molar-refractivity contribution < 1.29 is 5.21 Å². The molecule has 100 valence electrons. The molecule has 1 aliphatic carbocycles. The van der Waals surface area contributed by atoms with Gasteiger partial charge in [0.15, 0.2) is 0 Å². The smallest absolute Gasteiger partial charge is 0.139 e. The van der Waals surface area contributed by atoms with Crippen LogP contribution in [-0.2, 0) is 0 Å². The van der Waals surface area contributed by atoms with Crippen LogP contribution in [0.4, 0.5) is 0 Å². The minimum Gasteiger partial charge on any atom is -0.409 e. The zero-order valence-electron chi connectivity index (χ0n) is 11.2. The molecule has 0 bridgehead atoms. The van der Waals surface area contributed by atoms with Crippen LogP contribution in [0.5, 0.6) is 0 Å². The van der Waals surface area contributed by atoms with Crippen molar-refractivity contribution in [2.24, 2.45) is 16.3 Å². The average Bonchev–Trinajstić information content (AvgIpc) is 3.04. The van der Waals surface area contributed by atoms with E-state index in [0.29, 0.717) is 18.3 Å². The summed E-state index contributed by atoms with van der Waals surface area (Å²) in [6, 6.07) is 0.516. The van der Waals surface area contributed by atoms with Crippen LogP contribution >= 0.6 is 0 Å². The molecule has 5 nitrogen and oxygen atoms in total. The summed E-state index contributed by atoms with van der Waals surface area (Å²) in [5.74, 6) is 0.352. The lowest BCUT2D eigenvalue weighted by Gasteiger charge is -2.21. The average molecular weight is 242 g/mol. The van der Waals surface area contributed by atoms with Crippen molar-refractivity contribution in [3.63, 3.8) is 0 Å². The van der Waals surface area contributed by atoms with Crippen LogP contribution in [-0.4, -0.2) is 49.2 Å². The number of nitrogens with one attached hydrogen (secondary N) is 1. The molecule has 0 saturated heterocycles. The molecular weight excluding hydrogens is 216 g/mol. The molecule has 0 radical (unpaired) electrons. The van der Waals surface area contributed by atoms with Crippen LogP contribution in [0.15, 0.2) is 5.16 Å². The van der Waals surface area contributed by atoms with Gasteiger partial charge >= 0.3 is 0 Å². The highest BCUT2D eigenvalue weighted by molar-refractivity contribution is 5.80.